The number of nitrogens with one attached hydrogen (secondary N) is 2. The molecular weight excluding hydrogens is 456 g/mol. The van der Waals surface area contributed by atoms with E-state index in [9.17, 15) is 8.78 Å². The molecule has 0 amide bonds. The van der Waals surface area contributed by atoms with Gasteiger partial charge in [-0.2, -0.15) is 5.10 Å². The first kappa shape index (κ1) is 21.5. The Morgan fingerprint density at radius 3 is 2.85 bits per heavy atom. The first-order valence-corrected chi connectivity index (χ1v) is 10.7. The highest BCUT2D eigenvalue weighted by atomic mass is 35.5. The highest BCUT2D eigenvalue weighted by Crippen LogP contribution is 2.40. The predicted molar refractivity (Wildman–Crippen MR) is 118 cm³/mol. The van der Waals surface area contributed by atoms with Gasteiger partial charge >= 0.3 is 0 Å². The quantitative estimate of drug-likeness (QED) is 0.367. The Kier molecular flexibility index (Phi) is 5.81. The number of imidazole rings is 1. The molecule has 1 aromatic carbocycles. The molecule has 0 bridgehead atoms. The van der Waals surface area contributed by atoms with E-state index in [0.717, 1.165) is 12.8 Å². The van der Waals surface area contributed by atoms with Crippen LogP contribution in [0, 0.1) is 0 Å². The van der Waals surface area contributed by atoms with E-state index in [1.54, 1.807) is 12.1 Å². The zero-order chi connectivity index (χ0) is 22.9. The Hall–Kier alpha value is -3.31. The lowest BCUT2D eigenvalue weighted by Gasteiger charge is -2.25. The number of alkyl halides is 2. The number of pyridine rings is 1. The van der Waals surface area contributed by atoms with Crippen LogP contribution in [0.1, 0.15) is 37.7 Å². The fourth-order valence-electron chi connectivity index (χ4n) is 4.03. The van der Waals surface area contributed by atoms with Crippen molar-refractivity contribution < 1.29 is 18.3 Å². The van der Waals surface area contributed by atoms with Gasteiger partial charge in [0.15, 0.2) is 23.0 Å². The zero-order valence-corrected chi connectivity index (χ0v) is 18.3. The van der Waals surface area contributed by atoms with E-state index in [0.29, 0.717) is 41.5 Å². The molecule has 0 radical (unpaired) electrons. The van der Waals surface area contributed by atoms with Gasteiger partial charge in [-0.3, -0.25) is 9.67 Å². The first-order chi connectivity index (χ1) is 16.1. The van der Waals surface area contributed by atoms with Gasteiger partial charge in [-0.1, -0.05) is 17.7 Å². The summed E-state index contributed by atoms with van der Waals surface area (Å²) in [6.45, 7) is 0.490. The molecule has 1 atom stereocenters. The molecule has 1 fully saturated rings. The van der Waals surface area contributed by atoms with Crippen LogP contribution in [0.25, 0.3) is 22.6 Å². The van der Waals surface area contributed by atoms with E-state index in [1.807, 2.05) is 12.1 Å². The summed E-state index contributed by atoms with van der Waals surface area (Å²) in [4.78, 5) is 12.7. The van der Waals surface area contributed by atoms with Crippen LogP contribution in [0.3, 0.4) is 0 Å². The van der Waals surface area contributed by atoms with Gasteiger partial charge in [0.25, 0.3) is 6.43 Å². The Bertz CT molecular complexity index is 1270. The lowest BCUT2D eigenvalue weighted by Crippen LogP contribution is -2.20. The summed E-state index contributed by atoms with van der Waals surface area (Å²) >= 11 is 6.30. The molecule has 9 nitrogen and oxygen atoms in total. The lowest BCUT2D eigenvalue weighted by molar-refractivity contribution is -0.0363. The summed E-state index contributed by atoms with van der Waals surface area (Å²) in [6, 6.07) is 6.96. The van der Waals surface area contributed by atoms with Crippen molar-refractivity contribution >= 4 is 34.1 Å². The molecule has 0 spiro atoms. The van der Waals surface area contributed by atoms with Gasteiger partial charge in [0, 0.05) is 12.7 Å². The van der Waals surface area contributed by atoms with Crippen LogP contribution in [0.4, 0.5) is 20.2 Å². The summed E-state index contributed by atoms with van der Waals surface area (Å²) in [5.41, 5.74) is 2.14. The van der Waals surface area contributed by atoms with Crippen molar-refractivity contribution in [3.05, 3.63) is 41.6 Å². The Morgan fingerprint density at radius 1 is 1.27 bits per heavy atom. The fourth-order valence-corrected chi connectivity index (χ4v) is 4.22. The minimum absolute atomic E-state index is 0.133. The number of ether oxygens (including phenoxy) is 2. The van der Waals surface area contributed by atoms with Crippen LogP contribution < -0.4 is 10.1 Å². The highest BCUT2D eigenvalue weighted by Gasteiger charge is 2.29. The maximum Gasteiger partial charge on any atom is 0.295 e. The summed E-state index contributed by atoms with van der Waals surface area (Å²) in [7, 11) is 1.53. The molecule has 0 saturated carbocycles. The maximum absolute atomic E-state index is 14.0. The monoisotopic (exact) mass is 475 g/mol. The van der Waals surface area contributed by atoms with Gasteiger partial charge in [0.05, 0.1) is 24.0 Å². The second kappa shape index (κ2) is 8.91. The van der Waals surface area contributed by atoms with Crippen molar-refractivity contribution in [3.63, 3.8) is 0 Å². The lowest BCUT2D eigenvalue weighted by atomic mass is 10.1. The van der Waals surface area contributed by atoms with Crippen molar-refractivity contribution in [1.29, 1.82) is 0 Å². The average molecular weight is 476 g/mol. The molecule has 3 aromatic heterocycles. The third-order valence-corrected chi connectivity index (χ3v) is 5.64. The largest absolute Gasteiger partial charge is 0.494 e. The zero-order valence-electron chi connectivity index (χ0n) is 17.6. The summed E-state index contributed by atoms with van der Waals surface area (Å²) in [5, 5.41) is 10.0. The Morgan fingerprint density at radius 2 is 2.15 bits per heavy atom. The van der Waals surface area contributed by atoms with E-state index < -0.39 is 18.5 Å². The van der Waals surface area contributed by atoms with Crippen LogP contribution >= 0.6 is 11.6 Å². The Balaban J connectivity index is 1.63. The number of aromatic amines is 1. The molecule has 33 heavy (non-hydrogen) atoms. The number of H-pyrrole nitrogens is 1. The molecule has 0 aliphatic carbocycles. The summed E-state index contributed by atoms with van der Waals surface area (Å²) in [5.74, 6) is 0.601. The molecule has 1 aliphatic rings. The summed E-state index contributed by atoms with van der Waals surface area (Å²) < 4.78 is 40.6. The maximum atomic E-state index is 14.0. The molecule has 1 aliphatic heterocycles. The van der Waals surface area contributed by atoms with Gasteiger partial charge < -0.3 is 14.8 Å². The van der Waals surface area contributed by atoms with E-state index in [2.05, 4.69) is 30.5 Å². The number of hydrogen-bond donors (Lipinski definition) is 2. The number of nitrogens with zero attached hydrogens (tertiary/aromatic N) is 5. The molecular formula is C21H20ClF2N7O2. The molecule has 1 unspecified atom stereocenters. The fraction of sp³-hybridized carbons (Fsp3) is 0.333. The number of benzene rings is 1. The van der Waals surface area contributed by atoms with Crippen molar-refractivity contribution in [1.82, 2.24) is 29.7 Å². The van der Waals surface area contributed by atoms with E-state index in [4.69, 9.17) is 21.1 Å². The second-order valence-electron chi connectivity index (χ2n) is 7.47. The number of para-hydroxylation sites is 1. The summed E-state index contributed by atoms with van der Waals surface area (Å²) in [6.07, 6.45) is 0.360. The molecule has 4 aromatic rings. The second-order valence-corrected chi connectivity index (χ2v) is 7.86. The van der Waals surface area contributed by atoms with E-state index >= 15 is 0 Å². The van der Waals surface area contributed by atoms with Gasteiger partial charge in [-0.05, 0) is 31.4 Å². The minimum Gasteiger partial charge on any atom is -0.494 e. The third-order valence-electron chi connectivity index (χ3n) is 5.44. The number of rotatable bonds is 6. The molecule has 4 heterocycles. The van der Waals surface area contributed by atoms with Crippen LogP contribution in [-0.4, -0.2) is 43.4 Å². The molecule has 12 heteroatoms. The standard InChI is InChI=1S/C21H20ClF2N7O2/c1-32-17-11(19-25-10-26-30-19)5-4-6-12(17)27-13-9-14(22)28-20-16(13)29-21(18(23)24)31(20)15-7-2-3-8-33-15/h4-6,9-10,15,18H,2-3,7-8H2,1H3,(H,27,28)(H,25,26,30). The number of fused-ring (bicyclic) bond motifs is 1. The van der Waals surface area contributed by atoms with Crippen LogP contribution in [-0.2, 0) is 4.74 Å². The van der Waals surface area contributed by atoms with Gasteiger partial charge in [0.2, 0.25) is 0 Å². The third kappa shape index (κ3) is 3.98. The number of anilines is 2. The van der Waals surface area contributed by atoms with Crippen LogP contribution in [0.5, 0.6) is 5.75 Å². The minimum atomic E-state index is -2.80. The van der Waals surface area contributed by atoms with E-state index in [-0.39, 0.29) is 16.3 Å². The molecule has 1 saturated heterocycles. The molecule has 2 N–H and O–H groups in total. The van der Waals surface area contributed by atoms with Crippen molar-refractivity contribution in [2.75, 3.05) is 19.0 Å². The number of hydrogen-bond acceptors (Lipinski definition) is 7. The van der Waals surface area contributed by atoms with Gasteiger partial charge in [-0.15, -0.1) is 0 Å². The van der Waals surface area contributed by atoms with Crippen molar-refractivity contribution in [3.8, 4) is 17.1 Å². The number of halogens is 3. The number of aromatic nitrogens is 6. The van der Waals surface area contributed by atoms with Crippen molar-refractivity contribution in [2.45, 2.75) is 31.9 Å². The average Bonchev–Trinajstić information content (AvgIpc) is 3.48. The molecule has 172 valence electrons. The first-order valence-electron chi connectivity index (χ1n) is 10.3. The van der Waals surface area contributed by atoms with Crippen molar-refractivity contribution in [2.24, 2.45) is 0 Å². The number of methoxy groups -OCH3 is 1. The Labute approximate surface area is 192 Å². The highest BCUT2D eigenvalue weighted by molar-refractivity contribution is 6.30. The normalized spacial score (nSPS) is 16.5. The SMILES string of the molecule is COc1c(Nc2cc(Cl)nc3c2nc(C(F)F)n3C2CCCCO2)cccc1-c1ncn[nH]1. The van der Waals surface area contributed by atoms with Gasteiger partial charge in [-0.25, -0.2) is 23.7 Å². The van der Waals surface area contributed by atoms with Crippen LogP contribution in [0.2, 0.25) is 5.15 Å². The van der Waals surface area contributed by atoms with Crippen LogP contribution in [0.15, 0.2) is 30.6 Å². The molecule has 5 rings (SSSR count). The predicted octanol–water partition coefficient (Wildman–Crippen LogP) is 5.26. The van der Waals surface area contributed by atoms with E-state index in [1.165, 1.54) is 18.0 Å². The smallest absolute Gasteiger partial charge is 0.295 e. The van der Waals surface area contributed by atoms with Gasteiger partial charge in [0.1, 0.15) is 23.2 Å². The topological polar surface area (TPSA) is 103 Å².